The number of nitrogens with one attached hydrogen (secondary N) is 1. The van der Waals surface area contributed by atoms with Gasteiger partial charge in [-0.25, -0.2) is 12.8 Å². The third-order valence-electron chi connectivity index (χ3n) is 5.11. The van der Waals surface area contributed by atoms with Crippen LogP contribution in [0.1, 0.15) is 5.56 Å². The van der Waals surface area contributed by atoms with Crippen molar-refractivity contribution in [1.29, 1.82) is 0 Å². The first kappa shape index (κ1) is 22.9. The van der Waals surface area contributed by atoms with Crippen LogP contribution in [-0.4, -0.2) is 34.1 Å². The molecule has 0 aromatic heterocycles. The molecule has 10 heteroatoms. The van der Waals surface area contributed by atoms with Crippen LogP contribution in [0.25, 0.3) is 0 Å². The van der Waals surface area contributed by atoms with Crippen molar-refractivity contribution >= 4 is 38.9 Å². The highest BCUT2D eigenvalue weighted by molar-refractivity contribution is 7.92. The third-order valence-corrected chi connectivity index (χ3v) is 7.20. The molecule has 0 saturated carbocycles. The molecule has 1 atom stereocenters. The molecule has 0 spiro atoms. The zero-order valence-electron chi connectivity index (χ0n) is 17.7. The molecule has 7 nitrogen and oxygen atoms in total. The molecule has 1 heterocycles. The Morgan fingerprint density at radius 2 is 1.88 bits per heavy atom. The van der Waals surface area contributed by atoms with Gasteiger partial charge in [-0.05, 0) is 67.1 Å². The summed E-state index contributed by atoms with van der Waals surface area (Å²) in [6, 6.07) is 14.8. The zero-order valence-corrected chi connectivity index (χ0v) is 19.3. The summed E-state index contributed by atoms with van der Waals surface area (Å²) in [6.07, 6.45) is -1.16. The number of rotatable bonds is 5. The SMILES string of the molecule is COc1ccc(S(=O)(=O)N2C[C@H](C(=O)Nc3ccc(F)c(Cl)c3)Oc3cc(C)ccc32)cc1. The quantitative estimate of drug-likeness (QED) is 0.573. The number of carbonyl (C=O) groups excluding carboxylic acids is 1. The van der Waals surface area contributed by atoms with Crippen molar-refractivity contribution in [2.45, 2.75) is 17.9 Å². The summed E-state index contributed by atoms with van der Waals surface area (Å²) in [5.41, 5.74) is 1.42. The summed E-state index contributed by atoms with van der Waals surface area (Å²) < 4.78 is 52.5. The molecule has 172 valence electrons. The van der Waals surface area contributed by atoms with E-state index in [0.717, 1.165) is 15.9 Å². The highest BCUT2D eigenvalue weighted by Crippen LogP contribution is 2.38. The number of sulfonamides is 1. The molecule has 0 radical (unpaired) electrons. The molecular weight excluding hydrogens is 471 g/mol. The number of nitrogens with zero attached hydrogens (tertiary/aromatic N) is 1. The van der Waals surface area contributed by atoms with Gasteiger partial charge in [-0.15, -0.1) is 0 Å². The molecular formula is C23H20ClFN2O5S. The fourth-order valence-corrected chi connectivity index (χ4v) is 5.05. The molecule has 0 unspecified atom stereocenters. The predicted molar refractivity (Wildman–Crippen MR) is 123 cm³/mol. The van der Waals surface area contributed by atoms with Gasteiger partial charge in [0.15, 0.2) is 6.10 Å². The first-order valence-corrected chi connectivity index (χ1v) is 11.7. The lowest BCUT2D eigenvalue weighted by atomic mass is 10.1. The van der Waals surface area contributed by atoms with Gasteiger partial charge >= 0.3 is 0 Å². The number of methoxy groups -OCH3 is 1. The first-order valence-electron chi connectivity index (χ1n) is 9.89. The van der Waals surface area contributed by atoms with E-state index in [1.807, 2.05) is 6.92 Å². The van der Waals surface area contributed by atoms with Crippen LogP contribution in [0.2, 0.25) is 5.02 Å². The Morgan fingerprint density at radius 3 is 2.55 bits per heavy atom. The van der Waals surface area contributed by atoms with Crippen LogP contribution in [0.5, 0.6) is 11.5 Å². The van der Waals surface area contributed by atoms with Crippen molar-refractivity contribution in [3.05, 3.63) is 77.1 Å². The van der Waals surface area contributed by atoms with Crippen molar-refractivity contribution in [3.63, 3.8) is 0 Å². The van der Waals surface area contributed by atoms with Gasteiger partial charge in [0, 0.05) is 5.69 Å². The molecule has 3 aromatic carbocycles. The average molecular weight is 491 g/mol. The Bertz CT molecular complexity index is 1310. The third kappa shape index (κ3) is 4.60. The van der Waals surface area contributed by atoms with Gasteiger partial charge in [0.25, 0.3) is 15.9 Å². The summed E-state index contributed by atoms with van der Waals surface area (Å²) in [6.45, 7) is 1.57. The number of halogens is 2. The second-order valence-electron chi connectivity index (χ2n) is 7.41. The number of ether oxygens (including phenoxy) is 2. The predicted octanol–water partition coefficient (Wildman–Crippen LogP) is 4.39. The van der Waals surface area contributed by atoms with E-state index < -0.39 is 27.9 Å². The molecule has 33 heavy (non-hydrogen) atoms. The summed E-state index contributed by atoms with van der Waals surface area (Å²) in [4.78, 5) is 13.0. The van der Waals surface area contributed by atoms with Gasteiger partial charge in [0.1, 0.15) is 17.3 Å². The Morgan fingerprint density at radius 1 is 1.15 bits per heavy atom. The second-order valence-corrected chi connectivity index (χ2v) is 9.68. The topological polar surface area (TPSA) is 84.9 Å². The monoisotopic (exact) mass is 490 g/mol. The van der Waals surface area contributed by atoms with Gasteiger partial charge in [-0.2, -0.15) is 0 Å². The fourth-order valence-electron chi connectivity index (χ4n) is 3.40. The Balaban J connectivity index is 1.68. The molecule has 1 N–H and O–H groups in total. The maximum atomic E-state index is 13.5. The average Bonchev–Trinajstić information content (AvgIpc) is 2.80. The molecule has 1 amide bonds. The van der Waals surface area contributed by atoms with Gasteiger partial charge in [0.05, 0.1) is 29.3 Å². The number of aryl methyl sites for hydroxylation is 1. The van der Waals surface area contributed by atoms with E-state index in [2.05, 4.69) is 5.32 Å². The van der Waals surface area contributed by atoms with Gasteiger partial charge in [-0.3, -0.25) is 9.10 Å². The highest BCUT2D eigenvalue weighted by atomic mass is 35.5. The van der Waals surface area contributed by atoms with E-state index in [4.69, 9.17) is 21.1 Å². The highest BCUT2D eigenvalue weighted by Gasteiger charge is 2.37. The van der Waals surface area contributed by atoms with Crippen molar-refractivity contribution in [1.82, 2.24) is 0 Å². The summed E-state index contributed by atoms with van der Waals surface area (Å²) in [5, 5.41) is 2.45. The number of hydrogen-bond donors (Lipinski definition) is 1. The smallest absolute Gasteiger partial charge is 0.267 e. The van der Waals surface area contributed by atoms with Crippen molar-refractivity contribution < 1.29 is 27.1 Å². The number of hydrogen-bond acceptors (Lipinski definition) is 5. The molecule has 1 aliphatic heterocycles. The van der Waals surface area contributed by atoms with Crippen molar-refractivity contribution in [3.8, 4) is 11.5 Å². The largest absolute Gasteiger partial charge is 0.497 e. The number of anilines is 2. The summed E-state index contributed by atoms with van der Waals surface area (Å²) in [7, 11) is -2.53. The molecule has 0 fully saturated rings. The van der Waals surface area contributed by atoms with E-state index in [-0.39, 0.29) is 27.9 Å². The Labute approximate surface area is 195 Å². The van der Waals surface area contributed by atoms with Crippen LogP contribution in [0.4, 0.5) is 15.8 Å². The Hall–Kier alpha value is -3.30. The second kappa shape index (κ2) is 8.92. The molecule has 0 saturated heterocycles. The number of benzene rings is 3. The van der Waals surface area contributed by atoms with Crippen LogP contribution in [0.3, 0.4) is 0 Å². The first-order chi connectivity index (χ1) is 15.7. The minimum absolute atomic E-state index is 0.0428. The normalized spacial score (nSPS) is 15.4. The fraction of sp³-hybridized carbons (Fsp3) is 0.174. The molecule has 0 bridgehead atoms. The maximum Gasteiger partial charge on any atom is 0.267 e. The molecule has 0 aliphatic carbocycles. The number of amides is 1. The van der Waals surface area contributed by atoms with Crippen molar-refractivity contribution in [2.24, 2.45) is 0 Å². The van der Waals surface area contributed by atoms with Crippen LogP contribution >= 0.6 is 11.6 Å². The minimum Gasteiger partial charge on any atom is -0.497 e. The summed E-state index contributed by atoms with van der Waals surface area (Å²) in [5.74, 6) is -0.442. The van der Waals surface area contributed by atoms with E-state index in [1.165, 1.54) is 31.4 Å². The van der Waals surface area contributed by atoms with Gasteiger partial charge < -0.3 is 14.8 Å². The lowest BCUT2D eigenvalue weighted by molar-refractivity contribution is -0.122. The van der Waals surface area contributed by atoms with Crippen LogP contribution in [-0.2, 0) is 14.8 Å². The molecule has 3 aromatic rings. The number of carbonyl (C=O) groups is 1. The van der Waals surface area contributed by atoms with E-state index in [0.29, 0.717) is 11.4 Å². The zero-order chi connectivity index (χ0) is 23.8. The van der Waals surface area contributed by atoms with Crippen molar-refractivity contribution in [2.75, 3.05) is 23.3 Å². The number of fused-ring (bicyclic) bond motifs is 1. The molecule has 4 rings (SSSR count). The van der Waals surface area contributed by atoms with E-state index >= 15 is 0 Å². The Kier molecular flexibility index (Phi) is 6.18. The van der Waals surface area contributed by atoms with Crippen LogP contribution < -0.4 is 19.1 Å². The van der Waals surface area contributed by atoms with Crippen LogP contribution in [0.15, 0.2) is 65.6 Å². The van der Waals surface area contributed by atoms with Crippen LogP contribution in [0, 0.1) is 12.7 Å². The van der Waals surface area contributed by atoms with E-state index in [1.54, 1.807) is 30.3 Å². The standard InChI is InChI=1S/C23H20ClFN2O5S/c1-14-3-10-20-21(11-14)32-22(23(28)26-15-4-9-19(25)18(24)12-15)13-27(20)33(29,30)17-7-5-16(31-2)6-8-17/h3-12,22H,13H2,1-2H3,(H,26,28)/t22-/m1/s1. The lowest BCUT2D eigenvalue weighted by Gasteiger charge is -2.35. The lowest BCUT2D eigenvalue weighted by Crippen LogP contribution is -2.48. The summed E-state index contributed by atoms with van der Waals surface area (Å²) >= 11 is 5.79. The maximum absolute atomic E-state index is 13.5. The van der Waals surface area contributed by atoms with Gasteiger partial charge in [0.2, 0.25) is 0 Å². The van der Waals surface area contributed by atoms with Gasteiger partial charge in [-0.1, -0.05) is 17.7 Å². The minimum atomic E-state index is -4.02. The molecule has 1 aliphatic rings. The van der Waals surface area contributed by atoms with E-state index in [9.17, 15) is 17.6 Å².